The van der Waals surface area contributed by atoms with Crippen molar-refractivity contribution in [1.82, 2.24) is 10.3 Å². The van der Waals surface area contributed by atoms with Crippen LogP contribution in [0.15, 0.2) is 72.4 Å². The molecule has 1 unspecified atom stereocenters. The molecule has 0 aliphatic heterocycles. The van der Waals surface area contributed by atoms with Crippen molar-refractivity contribution in [3.8, 4) is 0 Å². The third kappa shape index (κ3) is 4.52. The number of benzene rings is 1. The number of nitrogens with zero attached hydrogens (tertiary/aromatic N) is 1. The molecule has 1 N–H and O–H groups in total. The number of thiophene rings is 1. The van der Waals surface area contributed by atoms with E-state index < -0.39 is 0 Å². The molecular weight excluding hydrogens is 316 g/mol. The quantitative estimate of drug-likeness (QED) is 0.696. The van der Waals surface area contributed by atoms with Crippen molar-refractivity contribution >= 4 is 17.2 Å². The van der Waals surface area contributed by atoms with E-state index in [-0.39, 0.29) is 11.9 Å². The van der Waals surface area contributed by atoms with Gasteiger partial charge in [-0.2, -0.15) is 0 Å². The third-order valence-electron chi connectivity index (χ3n) is 3.88. The van der Waals surface area contributed by atoms with Crippen LogP contribution in [0.3, 0.4) is 0 Å². The number of carbonyl (C=O) groups is 1. The first-order valence-electron chi connectivity index (χ1n) is 8.09. The summed E-state index contributed by atoms with van der Waals surface area (Å²) < 4.78 is 0. The summed E-state index contributed by atoms with van der Waals surface area (Å²) in [6.07, 6.45) is 5.87. The Kier molecular flexibility index (Phi) is 5.75. The lowest BCUT2D eigenvalue weighted by molar-refractivity contribution is -0.121. The van der Waals surface area contributed by atoms with Gasteiger partial charge >= 0.3 is 0 Å². The Bertz CT molecular complexity index is 702. The summed E-state index contributed by atoms with van der Waals surface area (Å²) in [5, 5.41) is 5.24. The summed E-state index contributed by atoms with van der Waals surface area (Å²) in [6, 6.07) is 18.0. The molecule has 0 spiro atoms. The summed E-state index contributed by atoms with van der Waals surface area (Å²) in [7, 11) is 0. The smallest absolute Gasteiger partial charge is 0.220 e. The van der Waals surface area contributed by atoms with Crippen LogP contribution in [-0.4, -0.2) is 10.9 Å². The maximum Gasteiger partial charge on any atom is 0.220 e. The van der Waals surface area contributed by atoms with Crippen LogP contribution in [0.5, 0.6) is 0 Å². The molecule has 0 fully saturated rings. The van der Waals surface area contributed by atoms with Crippen LogP contribution in [-0.2, 0) is 11.2 Å². The fourth-order valence-electron chi connectivity index (χ4n) is 2.67. The lowest BCUT2D eigenvalue weighted by atomic mass is 9.99. The minimum atomic E-state index is -0.136. The monoisotopic (exact) mass is 336 g/mol. The van der Waals surface area contributed by atoms with Crippen molar-refractivity contribution in [2.24, 2.45) is 0 Å². The Morgan fingerprint density at radius 2 is 1.75 bits per heavy atom. The Morgan fingerprint density at radius 3 is 2.46 bits per heavy atom. The number of nitrogens with one attached hydrogen (secondary N) is 1. The second-order valence-corrected chi connectivity index (χ2v) is 6.66. The van der Waals surface area contributed by atoms with Gasteiger partial charge in [0.05, 0.1) is 6.04 Å². The van der Waals surface area contributed by atoms with Crippen molar-refractivity contribution < 1.29 is 4.79 Å². The first kappa shape index (κ1) is 16.4. The molecule has 0 bridgehead atoms. The van der Waals surface area contributed by atoms with Crippen LogP contribution >= 0.6 is 11.3 Å². The number of hydrogen-bond donors (Lipinski definition) is 1. The van der Waals surface area contributed by atoms with E-state index in [0.717, 1.165) is 24.0 Å². The van der Waals surface area contributed by atoms with Crippen LogP contribution < -0.4 is 5.32 Å². The van der Waals surface area contributed by atoms with Crippen molar-refractivity contribution in [3.05, 3.63) is 88.4 Å². The summed E-state index contributed by atoms with van der Waals surface area (Å²) >= 11 is 1.74. The van der Waals surface area contributed by atoms with E-state index in [1.54, 1.807) is 23.7 Å². The standard InChI is InChI=1S/C20H20N2OS/c23-19(10-4-8-18-9-5-15-24-18)22-20(16-6-2-1-3-7-16)17-11-13-21-14-12-17/h1-3,5-7,9,11-15,20H,4,8,10H2,(H,22,23). The molecule has 0 saturated carbocycles. The van der Waals surface area contributed by atoms with E-state index in [1.165, 1.54) is 4.88 Å². The maximum atomic E-state index is 12.4. The second-order valence-electron chi connectivity index (χ2n) is 5.62. The maximum absolute atomic E-state index is 12.4. The van der Waals surface area contributed by atoms with Gasteiger partial charge in [-0.05, 0) is 47.5 Å². The molecule has 0 aliphatic carbocycles. The topological polar surface area (TPSA) is 42.0 Å². The van der Waals surface area contributed by atoms with Gasteiger partial charge in [0.1, 0.15) is 0 Å². The van der Waals surface area contributed by atoms with Gasteiger partial charge in [0, 0.05) is 23.7 Å². The van der Waals surface area contributed by atoms with E-state index in [9.17, 15) is 4.79 Å². The number of hydrogen-bond acceptors (Lipinski definition) is 3. The summed E-state index contributed by atoms with van der Waals surface area (Å²) in [5.41, 5.74) is 2.12. The molecule has 1 amide bonds. The second kappa shape index (κ2) is 8.41. The molecule has 0 aliphatic rings. The van der Waals surface area contributed by atoms with Gasteiger partial charge in [-0.25, -0.2) is 0 Å². The molecule has 2 heterocycles. The Balaban J connectivity index is 1.64. The van der Waals surface area contributed by atoms with Gasteiger partial charge in [0.25, 0.3) is 0 Å². The third-order valence-corrected chi connectivity index (χ3v) is 4.82. The van der Waals surface area contributed by atoms with Gasteiger partial charge in [0.2, 0.25) is 5.91 Å². The van der Waals surface area contributed by atoms with Gasteiger partial charge in [-0.3, -0.25) is 9.78 Å². The lowest BCUT2D eigenvalue weighted by Gasteiger charge is -2.19. The van der Waals surface area contributed by atoms with Crippen LogP contribution in [0, 0.1) is 0 Å². The Hall–Kier alpha value is -2.46. The van der Waals surface area contributed by atoms with Gasteiger partial charge in [-0.1, -0.05) is 36.4 Å². The fraction of sp³-hybridized carbons (Fsp3) is 0.200. The molecule has 0 saturated heterocycles. The van der Waals surface area contributed by atoms with Crippen LogP contribution in [0.25, 0.3) is 0 Å². The average Bonchev–Trinajstić information content (AvgIpc) is 3.15. The van der Waals surface area contributed by atoms with E-state index in [0.29, 0.717) is 6.42 Å². The SMILES string of the molecule is O=C(CCCc1cccs1)NC(c1ccccc1)c1ccncc1. The van der Waals surface area contributed by atoms with Crippen molar-refractivity contribution in [3.63, 3.8) is 0 Å². The van der Waals surface area contributed by atoms with Crippen LogP contribution in [0.4, 0.5) is 0 Å². The van der Waals surface area contributed by atoms with E-state index in [4.69, 9.17) is 0 Å². The molecule has 24 heavy (non-hydrogen) atoms. The molecule has 0 radical (unpaired) electrons. The molecule has 1 aromatic carbocycles. The highest BCUT2D eigenvalue weighted by atomic mass is 32.1. The Morgan fingerprint density at radius 1 is 1.00 bits per heavy atom. The zero-order valence-corrected chi connectivity index (χ0v) is 14.2. The van der Waals surface area contributed by atoms with Crippen molar-refractivity contribution in [2.45, 2.75) is 25.3 Å². The normalized spacial score (nSPS) is 11.8. The summed E-state index contributed by atoms with van der Waals surface area (Å²) in [6.45, 7) is 0. The van der Waals surface area contributed by atoms with E-state index >= 15 is 0 Å². The highest BCUT2D eigenvalue weighted by molar-refractivity contribution is 7.09. The Labute approximate surface area is 146 Å². The van der Waals surface area contributed by atoms with Crippen molar-refractivity contribution in [1.29, 1.82) is 0 Å². The molecule has 3 aromatic rings. The highest BCUT2D eigenvalue weighted by Gasteiger charge is 2.16. The number of amides is 1. The van der Waals surface area contributed by atoms with E-state index in [1.807, 2.05) is 42.5 Å². The van der Waals surface area contributed by atoms with Crippen molar-refractivity contribution in [2.75, 3.05) is 0 Å². The largest absolute Gasteiger partial charge is 0.345 e. The van der Waals surface area contributed by atoms with Gasteiger partial charge < -0.3 is 5.32 Å². The minimum absolute atomic E-state index is 0.0808. The predicted molar refractivity (Wildman–Crippen MR) is 97.9 cm³/mol. The van der Waals surface area contributed by atoms with Gasteiger partial charge in [-0.15, -0.1) is 11.3 Å². The first-order chi connectivity index (χ1) is 11.8. The molecule has 3 nitrogen and oxygen atoms in total. The molecule has 2 aromatic heterocycles. The number of pyridine rings is 1. The molecule has 122 valence electrons. The summed E-state index contributed by atoms with van der Waals surface area (Å²) in [4.78, 5) is 17.8. The summed E-state index contributed by atoms with van der Waals surface area (Å²) in [5.74, 6) is 0.0808. The molecule has 3 rings (SSSR count). The zero-order valence-electron chi connectivity index (χ0n) is 13.4. The zero-order chi connectivity index (χ0) is 16.6. The van der Waals surface area contributed by atoms with Crippen LogP contribution in [0.1, 0.15) is 34.9 Å². The molecular formula is C20H20N2OS. The number of rotatable bonds is 7. The fourth-order valence-corrected chi connectivity index (χ4v) is 3.42. The number of aromatic nitrogens is 1. The van der Waals surface area contributed by atoms with Gasteiger partial charge in [0.15, 0.2) is 0 Å². The highest BCUT2D eigenvalue weighted by Crippen LogP contribution is 2.21. The van der Waals surface area contributed by atoms with Crippen LogP contribution in [0.2, 0.25) is 0 Å². The van der Waals surface area contributed by atoms with E-state index in [2.05, 4.69) is 27.8 Å². The average molecular weight is 336 g/mol. The number of aryl methyl sites for hydroxylation is 1. The first-order valence-corrected chi connectivity index (χ1v) is 8.97. The number of carbonyl (C=O) groups excluding carboxylic acids is 1. The lowest BCUT2D eigenvalue weighted by Crippen LogP contribution is -2.29. The predicted octanol–water partition coefficient (Wildman–Crippen LogP) is 4.37. The minimum Gasteiger partial charge on any atom is -0.345 e. The molecule has 4 heteroatoms. The molecule has 1 atom stereocenters.